The number of hydrogen-bond donors (Lipinski definition) is 1. The smallest absolute Gasteiger partial charge is 0.303 e. The fraction of sp³-hybridized carbons (Fsp3) is 0.778. The van der Waals surface area contributed by atoms with E-state index in [-0.39, 0.29) is 18.3 Å². The van der Waals surface area contributed by atoms with Gasteiger partial charge in [-0.2, -0.15) is 0 Å². The van der Waals surface area contributed by atoms with Crippen molar-refractivity contribution < 1.29 is 19.4 Å². The standard InChI is InChI=1S/C9H16O4/c1-7(3-4-9(11)12)5-6-13-8(2)10/h7H,3-6H2,1-2H3,(H,11,12). The SMILES string of the molecule is CC(=O)OCCC(C)CCC(=O)O. The quantitative estimate of drug-likeness (QED) is 0.640. The fourth-order valence-corrected chi connectivity index (χ4v) is 0.918. The van der Waals surface area contributed by atoms with Gasteiger partial charge in [-0.05, 0) is 18.8 Å². The number of carbonyl (C=O) groups excluding carboxylic acids is 1. The molecule has 0 aliphatic heterocycles. The molecule has 0 radical (unpaired) electrons. The Morgan fingerprint density at radius 3 is 2.46 bits per heavy atom. The van der Waals surface area contributed by atoms with Gasteiger partial charge in [0, 0.05) is 13.3 Å². The van der Waals surface area contributed by atoms with Crippen LogP contribution in [0.25, 0.3) is 0 Å². The van der Waals surface area contributed by atoms with Crippen LogP contribution in [0.3, 0.4) is 0 Å². The van der Waals surface area contributed by atoms with Crippen LogP contribution in [-0.2, 0) is 14.3 Å². The van der Waals surface area contributed by atoms with Gasteiger partial charge in [0.2, 0.25) is 0 Å². The van der Waals surface area contributed by atoms with Crippen LogP contribution in [0.1, 0.15) is 33.1 Å². The molecule has 0 aliphatic rings. The summed E-state index contributed by atoms with van der Waals surface area (Å²) in [6.07, 6.45) is 1.55. The fourth-order valence-electron chi connectivity index (χ4n) is 0.918. The monoisotopic (exact) mass is 188 g/mol. The molecule has 0 aromatic carbocycles. The van der Waals surface area contributed by atoms with E-state index in [0.29, 0.717) is 13.0 Å². The number of carboxylic acids is 1. The predicted molar refractivity (Wildman–Crippen MR) is 47.3 cm³/mol. The molecule has 0 rings (SSSR count). The van der Waals surface area contributed by atoms with Gasteiger partial charge in [-0.15, -0.1) is 0 Å². The molecule has 4 nitrogen and oxygen atoms in total. The molecule has 0 heterocycles. The molecule has 0 fully saturated rings. The Labute approximate surface area is 77.9 Å². The molecule has 0 aliphatic carbocycles. The third-order valence-corrected chi connectivity index (χ3v) is 1.77. The molecule has 0 saturated carbocycles. The van der Waals surface area contributed by atoms with Crippen molar-refractivity contribution >= 4 is 11.9 Å². The van der Waals surface area contributed by atoms with Crippen molar-refractivity contribution in [1.29, 1.82) is 0 Å². The number of ether oxygens (including phenoxy) is 1. The maximum Gasteiger partial charge on any atom is 0.303 e. The molecule has 0 saturated heterocycles. The van der Waals surface area contributed by atoms with E-state index >= 15 is 0 Å². The second-order valence-electron chi connectivity index (χ2n) is 3.17. The third kappa shape index (κ3) is 8.85. The minimum absolute atomic E-state index is 0.182. The molecule has 76 valence electrons. The first-order valence-corrected chi connectivity index (χ1v) is 4.37. The maximum absolute atomic E-state index is 10.4. The zero-order valence-electron chi connectivity index (χ0n) is 8.08. The van der Waals surface area contributed by atoms with Crippen molar-refractivity contribution in [2.75, 3.05) is 6.61 Å². The van der Waals surface area contributed by atoms with Gasteiger partial charge in [-0.25, -0.2) is 0 Å². The second kappa shape index (κ2) is 6.46. The molecule has 0 aromatic heterocycles. The van der Waals surface area contributed by atoms with E-state index in [1.165, 1.54) is 6.92 Å². The van der Waals surface area contributed by atoms with Gasteiger partial charge in [0.25, 0.3) is 0 Å². The van der Waals surface area contributed by atoms with Crippen LogP contribution in [0.4, 0.5) is 0 Å². The zero-order valence-corrected chi connectivity index (χ0v) is 8.08. The van der Waals surface area contributed by atoms with Gasteiger partial charge in [-0.1, -0.05) is 6.92 Å². The minimum atomic E-state index is -0.778. The van der Waals surface area contributed by atoms with Gasteiger partial charge < -0.3 is 9.84 Å². The number of aliphatic carboxylic acids is 1. The first kappa shape index (κ1) is 11.9. The molecule has 0 spiro atoms. The number of carboxylic acid groups (broad SMARTS) is 1. The van der Waals surface area contributed by atoms with Crippen molar-refractivity contribution in [3.8, 4) is 0 Å². The second-order valence-corrected chi connectivity index (χ2v) is 3.17. The highest BCUT2D eigenvalue weighted by atomic mass is 16.5. The topological polar surface area (TPSA) is 63.6 Å². The van der Waals surface area contributed by atoms with Crippen molar-refractivity contribution in [1.82, 2.24) is 0 Å². The van der Waals surface area contributed by atoms with Gasteiger partial charge in [0.15, 0.2) is 0 Å². The molecule has 0 bridgehead atoms. The summed E-state index contributed by atoms with van der Waals surface area (Å²) in [6.45, 7) is 3.70. The minimum Gasteiger partial charge on any atom is -0.481 e. The Morgan fingerprint density at radius 1 is 1.38 bits per heavy atom. The lowest BCUT2D eigenvalue weighted by molar-refractivity contribution is -0.142. The highest BCUT2D eigenvalue weighted by molar-refractivity contribution is 5.66. The van der Waals surface area contributed by atoms with Crippen molar-refractivity contribution in [2.45, 2.75) is 33.1 Å². The molecule has 0 aromatic rings. The van der Waals surface area contributed by atoms with E-state index in [2.05, 4.69) is 0 Å². The highest BCUT2D eigenvalue weighted by Crippen LogP contribution is 2.09. The van der Waals surface area contributed by atoms with Crippen molar-refractivity contribution in [3.05, 3.63) is 0 Å². The average molecular weight is 188 g/mol. The van der Waals surface area contributed by atoms with E-state index in [1.807, 2.05) is 6.92 Å². The molecular formula is C9H16O4. The van der Waals surface area contributed by atoms with Crippen LogP contribution >= 0.6 is 0 Å². The summed E-state index contributed by atoms with van der Waals surface area (Å²) >= 11 is 0. The predicted octanol–water partition coefficient (Wildman–Crippen LogP) is 1.44. The van der Waals surface area contributed by atoms with Gasteiger partial charge in [0.1, 0.15) is 0 Å². The van der Waals surface area contributed by atoms with Crippen LogP contribution < -0.4 is 0 Å². The largest absolute Gasteiger partial charge is 0.481 e. The number of hydrogen-bond acceptors (Lipinski definition) is 3. The zero-order chi connectivity index (χ0) is 10.3. The summed E-state index contributed by atoms with van der Waals surface area (Å²) in [5.74, 6) is -0.778. The van der Waals surface area contributed by atoms with Crippen LogP contribution in [0.15, 0.2) is 0 Å². The first-order valence-electron chi connectivity index (χ1n) is 4.37. The summed E-state index contributed by atoms with van der Waals surface area (Å²) in [6, 6.07) is 0. The Bertz CT molecular complexity index is 176. The van der Waals surface area contributed by atoms with E-state index in [1.54, 1.807) is 0 Å². The molecule has 0 amide bonds. The van der Waals surface area contributed by atoms with Crippen molar-refractivity contribution in [3.63, 3.8) is 0 Å². The Balaban J connectivity index is 3.35. The Hall–Kier alpha value is -1.06. The van der Waals surface area contributed by atoms with Crippen LogP contribution in [-0.4, -0.2) is 23.7 Å². The molecular weight excluding hydrogens is 172 g/mol. The summed E-state index contributed by atoms with van der Waals surface area (Å²) in [5.41, 5.74) is 0. The van der Waals surface area contributed by atoms with Gasteiger partial charge in [-0.3, -0.25) is 9.59 Å². The Morgan fingerprint density at radius 2 is 2.00 bits per heavy atom. The molecule has 1 N–H and O–H groups in total. The summed E-state index contributed by atoms with van der Waals surface area (Å²) in [5, 5.41) is 8.39. The van der Waals surface area contributed by atoms with Crippen LogP contribution in [0, 0.1) is 5.92 Å². The lowest BCUT2D eigenvalue weighted by atomic mass is 10.0. The molecule has 13 heavy (non-hydrogen) atoms. The molecule has 1 atom stereocenters. The summed E-state index contributed by atoms with van der Waals surface area (Å²) < 4.78 is 4.73. The van der Waals surface area contributed by atoms with E-state index in [9.17, 15) is 9.59 Å². The first-order chi connectivity index (χ1) is 6.02. The number of esters is 1. The molecule has 4 heteroatoms. The maximum atomic E-state index is 10.4. The van der Waals surface area contributed by atoms with Crippen LogP contribution in [0.5, 0.6) is 0 Å². The van der Waals surface area contributed by atoms with Gasteiger partial charge >= 0.3 is 11.9 Å². The Kier molecular flexibility index (Phi) is 5.93. The lowest BCUT2D eigenvalue weighted by Crippen LogP contribution is -2.07. The third-order valence-electron chi connectivity index (χ3n) is 1.77. The van der Waals surface area contributed by atoms with E-state index < -0.39 is 5.97 Å². The van der Waals surface area contributed by atoms with E-state index in [0.717, 1.165) is 6.42 Å². The van der Waals surface area contributed by atoms with Crippen LogP contribution in [0.2, 0.25) is 0 Å². The number of carbonyl (C=O) groups is 2. The average Bonchev–Trinajstić information content (AvgIpc) is 2.00. The van der Waals surface area contributed by atoms with E-state index in [4.69, 9.17) is 9.84 Å². The highest BCUT2D eigenvalue weighted by Gasteiger charge is 2.05. The molecule has 1 unspecified atom stereocenters. The summed E-state index contributed by atoms with van der Waals surface area (Å²) in [7, 11) is 0. The normalized spacial score (nSPS) is 12.2. The van der Waals surface area contributed by atoms with Crippen molar-refractivity contribution in [2.24, 2.45) is 5.92 Å². The van der Waals surface area contributed by atoms with Gasteiger partial charge in [0.05, 0.1) is 6.61 Å². The number of rotatable bonds is 6. The summed E-state index contributed by atoms with van der Waals surface area (Å²) in [4.78, 5) is 20.6. The lowest BCUT2D eigenvalue weighted by Gasteiger charge is -2.08.